The largest absolute Gasteiger partial charge is 0.368 e. The molecule has 7 nitrogen and oxygen atoms in total. The van der Waals surface area contributed by atoms with Crippen molar-refractivity contribution in [1.29, 1.82) is 0 Å². The maximum Gasteiger partial charge on any atom is 0.325 e. The van der Waals surface area contributed by atoms with E-state index in [0.29, 0.717) is 19.7 Å². The summed E-state index contributed by atoms with van der Waals surface area (Å²) in [5.41, 5.74) is 0.204. The Morgan fingerprint density at radius 1 is 1.43 bits per heavy atom. The first-order valence-corrected chi connectivity index (χ1v) is 8.65. The van der Waals surface area contributed by atoms with Gasteiger partial charge in [-0.05, 0) is 20.8 Å². The average Bonchev–Trinajstić information content (AvgIpc) is 3.00. The third-order valence-corrected chi connectivity index (χ3v) is 5.20. The average molecular weight is 338 g/mol. The van der Waals surface area contributed by atoms with E-state index in [9.17, 15) is 9.59 Å². The van der Waals surface area contributed by atoms with Crippen molar-refractivity contribution < 1.29 is 14.3 Å². The van der Waals surface area contributed by atoms with E-state index in [1.54, 1.807) is 25.2 Å². The summed E-state index contributed by atoms with van der Waals surface area (Å²) in [6.07, 6.45) is -0.0259. The van der Waals surface area contributed by atoms with Gasteiger partial charge < -0.3 is 10.1 Å². The summed E-state index contributed by atoms with van der Waals surface area (Å²) in [4.78, 5) is 32.1. The first-order chi connectivity index (χ1) is 10.9. The summed E-state index contributed by atoms with van der Waals surface area (Å²) < 4.78 is 5.80. The van der Waals surface area contributed by atoms with Crippen LogP contribution in [0.3, 0.4) is 0 Å². The summed E-state index contributed by atoms with van der Waals surface area (Å²) in [6.45, 7) is 8.64. The second-order valence-corrected chi connectivity index (χ2v) is 7.39. The molecule has 1 N–H and O–H groups in total. The molecule has 0 aliphatic carbocycles. The molecule has 0 saturated carbocycles. The van der Waals surface area contributed by atoms with Crippen molar-refractivity contribution in [3.05, 3.63) is 16.1 Å². The number of amides is 3. The molecule has 23 heavy (non-hydrogen) atoms. The Morgan fingerprint density at radius 2 is 2.22 bits per heavy atom. The number of urea groups is 1. The normalized spacial score (nSPS) is 25.0. The maximum atomic E-state index is 12.2. The number of thiazole rings is 1. The zero-order chi connectivity index (χ0) is 16.6. The van der Waals surface area contributed by atoms with Crippen LogP contribution in [0.1, 0.15) is 30.7 Å². The monoisotopic (exact) mass is 338 g/mol. The van der Waals surface area contributed by atoms with Crippen molar-refractivity contribution in [2.24, 2.45) is 0 Å². The molecule has 0 spiro atoms. The van der Waals surface area contributed by atoms with E-state index in [4.69, 9.17) is 4.74 Å². The highest BCUT2D eigenvalue weighted by molar-refractivity contribution is 7.09. The molecular weight excluding hydrogens is 316 g/mol. The second kappa shape index (κ2) is 6.18. The Kier molecular flexibility index (Phi) is 4.39. The predicted octanol–water partition coefficient (Wildman–Crippen LogP) is 1.16. The van der Waals surface area contributed by atoms with Crippen LogP contribution >= 0.6 is 11.3 Å². The molecule has 1 atom stereocenters. The minimum absolute atomic E-state index is 0.0259. The molecular formula is C15H22N4O3S. The Balaban J connectivity index is 1.56. The summed E-state index contributed by atoms with van der Waals surface area (Å²) >= 11 is 1.61. The van der Waals surface area contributed by atoms with Crippen LogP contribution in [-0.2, 0) is 9.53 Å². The first kappa shape index (κ1) is 16.4. The third-order valence-electron chi connectivity index (χ3n) is 4.15. The summed E-state index contributed by atoms with van der Waals surface area (Å²) in [5, 5.41) is 5.71. The minimum atomic E-state index is -0.803. The van der Waals surface area contributed by atoms with E-state index >= 15 is 0 Å². The number of nitrogens with one attached hydrogen (secondary N) is 1. The fraction of sp³-hybridized carbons (Fsp3) is 0.667. The van der Waals surface area contributed by atoms with Crippen molar-refractivity contribution in [3.8, 4) is 0 Å². The molecule has 0 radical (unpaired) electrons. The predicted molar refractivity (Wildman–Crippen MR) is 86.3 cm³/mol. The molecule has 2 saturated heterocycles. The number of carbonyl (C=O) groups excluding carboxylic acids is 2. The molecule has 1 aromatic rings. The van der Waals surface area contributed by atoms with Crippen molar-refractivity contribution in [2.45, 2.75) is 32.4 Å². The molecule has 2 fully saturated rings. The number of imide groups is 1. The van der Waals surface area contributed by atoms with Crippen LogP contribution < -0.4 is 5.32 Å². The summed E-state index contributed by atoms with van der Waals surface area (Å²) in [6, 6.07) is -0.305. The zero-order valence-corrected chi connectivity index (χ0v) is 14.5. The molecule has 3 heterocycles. The quantitative estimate of drug-likeness (QED) is 0.834. The van der Waals surface area contributed by atoms with Gasteiger partial charge in [-0.1, -0.05) is 0 Å². The minimum Gasteiger partial charge on any atom is -0.368 e. The van der Waals surface area contributed by atoms with E-state index in [2.05, 4.69) is 15.2 Å². The van der Waals surface area contributed by atoms with Crippen molar-refractivity contribution in [2.75, 3.05) is 32.8 Å². The van der Waals surface area contributed by atoms with Gasteiger partial charge in [-0.2, -0.15) is 0 Å². The second-order valence-electron chi connectivity index (χ2n) is 6.50. The van der Waals surface area contributed by atoms with Crippen LogP contribution in [0.25, 0.3) is 0 Å². The van der Waals surface area contributed by atoms with Crippen molar-refractivity contribution in [1.82, 2.24) is 20.1 Å². The van der Waals surface area contributed by atoms with Crippen LogP contribution in [0.2, 0.25) is 0 Å². The van der Waals surface area contributed by atoms with E-state index in [1.165, 1.54) is 4.90 Å². The zero-order valence-electron chi connectivity index (χ0n) is 13.7. The lowest BCUT2D eigenvalue weighted by atomic mass is 10.1. The topological polar surface area (TPSA) is 74.8 Å². The van der Waals surface area contributed by atoms with Gasteiger partial charge in [0.15, 0.2) is 0 Å². The van der Waals surface area contributed by atoms with E-state index in [0.717, 1.165) is 23.8 Å². The fourth-order valence-electron chi connectivity index (χ4n) is 2.84. The SMILES string of the molecule is Cc1csc(C2CN(CCN3C(=O)NC(C)(C)C3=O)CCO2)n1. The van der Waals surface area contributed by atoms with Gasteiger partial charge in [-0.15, -0.1) is 11.3 Å². The first-order valence-electron chi connectivity index (χ1n) is 7.77. The maximum absolute atomic E-state index is 12.2. The summed E-state index contributed by atoms with van der Waals surface area (Å²) in [5.74, 6) is -0.164. The number of morpholine rings is 1. The van der Waals surface area contributed by atoms with E-state index < -0.39 is 5.54 Å². The highest BCUT2D eigenvalue weighted by Gasteiger charge is 2.44. The highest BCUT2D eigenvalue weighted by Crippen LogP contribution is 2.25. The van der Waals surface area contributed by atoms with Crippen LogP contribution in [0.4, 0.5) is 4.79 Å². The van der Waals surface area contributed by atoms with Crippen LogP contribution in [0, 0.1) is 6.92 Å². The lowest BCUT2D eigenvalue weighted by Crippen LogP contribution is -2.45. The Hall–Kier alpha value is -1.51. The smallest absolute Gasteiger partial charge is 0.325 e. The Bertz CT molecular complexity index is 616. The third kappa shape index (κ3) is 3.39. The van der Waals surface area contributed by atoms with Crippen LogP contribution in [0.5, 0.6) is 0 Å². The molecule has 8 heteroatoms. The lowest BCUT2D eigenvalue weighted by Gasteiger charge is -2.32. The van der Waals surface area contributed by atoms with Gasteiger partial charge in [0, 0.05) is 37.3 Å². The van der Waals surface area contributed by atoms with Gasteiger partial charge >= 0.3 is 6.03 Å². The van der Waals surface area contributed by atoms with Gasteiger partial charge in [-0.25, -0.2) is 9.78 Å². The van der Waals surface area contributed by atoms with Gasteiger partial charge in [0.1, 0.15) is 16.7 Å². The van der Waals surface area contributed by atoms with Crippen molar-refractivity contribution in [3.63, 3.8) is 0 Å². The van der Waals surface area contributed by atoms with E-state index in [-0.39, 0.29) is 18.0 Å². The molecule has 2 aliphatic heterocycles. The number of nitrogens with zero attached hydrogens (tertiary/aromatic N) is 3. The lowest BCUT2D eigenvalue weighted by molar-refractivity contribution is -0.130. The fourth-order valence-corrected chi connectivity index (χ4v) is 3.67. The molecule has 1 aromatic heterocycles. The summed E-state index contributed by atoms with van der Waals surface area (Å²) in [7, 11) is 0. The molecule has 126 valence electrons. The number of rotatable bonds is 4. The Labute approximate surface area is 139 Å². The van der Waals surface area contributed by atoms with Crippen LogP contribution in [0.15, 0.2) is 5.38 Å². The molecule has 3 rings (SSSR count). The number of aryl methyl sites for hydroxylation is 1. The molecule has 1 unspecified atom stereocenters. The molecule has 3 amide bonds. The number of carbonyl (C=O) groups is 2. The van der Waals surface area contributed by atoms with Gasteiger partial charge in [0.05, 0.1) is 6.61 Å². The van der Waals surface area contributed by atoms with E-state index in [1.807, 2.05) is 12.3 Å². The molecule has 2 aliphatic rings. The number of aromatic nitrogens is 1. The van der Waals surface area contributed by atoms with Gasteiger partial charge in [-0.3, -0.25) is 14.6 Å². The molecule has 0 bridgehead atoms. The van der Waals surface area contributed by atoms with Crippen LogP contribution in [-0.4, -0.2) is 65.0 Å². The Morgan fingerprint density at radius 3 is 2.83 bits per heavy atom. The number of hydrogen-bond acceptors (Lipinski definition) is 6. The molecule has 0 aromatic carbocycles. The number of ether oxygens (including phenoxy) is 1. The standard InChI is InChI=1S/C15H22N4O3S/c1-10-9-23-12(16-10)11-8-18(6-7-22-11)4-5-19-13(20)15(2,3)17-14(19)21/h9,11H,4-8H2,1-3H3,(H,17,21). The van der Waals surface area contributed by atoms with Gasteiger partial charge in [0.25, 0.3) is 5.91 Å². The number of hydrogen-bond donors (Lipinski definition) is 1. The van der Waals surface area contributed by atoms with Gasteiger partial charge in [0.2, 0.25) is 0 Å². The highest BCUT2D eigenvalue weighted by atomic mass is 32.1. The van der Waals surface area contributed by atoms with Crippen molar-refractivity contribution >= 4 is 23.3 Å².